The van der Waals surface area contributed by atoms with E-state index in [-0.39, 0.29) is 5.91 Å². The molecule has 1 aliphatic rings. The van der Waals surface area contributed by atoms with Crippen molar-refractivity contribution >= 4 is 17.6 Å². The SMILES string of the molecule is CC1=C(C)C[C@@H](C(=O)Nc2cc(F)ccc2C)[C@@H](C(=O)O)C1. The van der Waals surface area contributed by atoms with Gasteiger partial charge in [0.15, 0.2) is 0 Å². The Balaban J connectivity index is 2.23. The standard InChI is InChI=1S/C17H20FNO3/c1-9-4-5-12(18)8-15(9)19-16(20)13-6-10(2)11(3)7-14(13)17(21)22/h4-5,8,13-14H,6-7H2,1-3H3,(H,19,20)(H,21,22)/t13-,14+/m1/s1. The molecule has 0 saturated carbocycles. The van der Waals surface area contributed by atoms with E-state index in [9.17, 15) is 19.1 Å². The number of nitrogens with one attached hydrogen (secondary N) is 1. The average molecular weight is 305 g/mol. The quantitative estimate of drug-likeness (QED) is 0.840. The lowest BCUT2D eigenvalue weighted by atomic mass is 9.76. The summed E-state index contributed by atoms with van der Waals surface area (Å²) in [7, 11) is 0. The van der Waals surface area contributed by atoms with Gasteiger partial charge in [0.1, 0.15) is 5.82 Å². The molecule has 1 amide bonds. The first-order valence-electron chi connectivity index (χ1n) is 7.24. The highest BCUT2D eigenvalue weighted by atomic mass is 19.1. The highest BCUT2D eigenvalue weighted by molar-refractivity contribution is 5.96. The maximum atomic E-state index is 13.3. The van der Waals surface area contributed by atoms with Crippen LogP contribution in [0.3, 0.4) is 0 Å². The molecule has 0 saturated heterocycles. The summed E-state index contributed by atoms with van der Waals surface area (Å²) in [6, 6.07) is 4.15. The summed E-state index contributed by atoms with van der Waals surface area (Å²) in [4.78, 5) is 23.9. The number of anilines is 1. The second-order valence-corrected chi connectivity index (χ2v) is 5.97. The fourth-order valence-electron chi connectivity index (χ4n) is 2.78. The minimum Gasteiger partial charge on any atom is -0.481 e. The van der Waals surface area contributed by atoms with Crippen LogP contribution in [0.4, 0.5) is 10.1 Å². The molecule has 118 valence electrons. The number of carbonyl (C=O) groups excluding carboxylic acids is 1. The van der Waals surface area contributed by atoms with E-state index in [4.69, 9.17) is 0 Å². The van der Waals surface area contributed by atoms with Gasteiger partial charge < -0.3 is 10.4 Å². The van der Waals surface area contributed by atoms with Gasteiger partial charge in [0.2, 0.25) is 5.91 Å². The molecule has 0 bridgehead atoms. The van der Waals surface area contributed by atoms with E-state index in [1.807, 2.05) is 13.8 Å². The summed E-state index contributed by atoms with van der Waals surface area (Å²) in [6.07, 6.45) is 0.796. The van der Waals surface area contributed by atoms with Crippen molar-refractivity contribution in [2.75, 3.05) is 5.32 Å². The largest absolute Gasteiger partial charge is 0.481 e. The van der Waals surface area contributed by atoms with Gasteiger partial charge in [-0.1, -0.05) is 17.2 Å². The molecule has 5 heteroatoms. The summed E-state index contributed by atoms with van der Waals surface area (Å²) >= 11 is 0. The molecule has 4 nitrogen and oxygen atoms in total. The normalized spacial score (nSPS) is 21.6. The van der Waals surface area contributed by atoms with Crippen molar-refractivity contribution in [3.05, 3.63) is 40.7 Å². The lowest BCUT2D eigenvalue weighted by molar-refractivity contribution is -0.146. The summed E-state index contributed by atoms with van der Waals surface area (Å²) in [6.45, 7) is 5.58. The number of hydrogen-bond donors (Lipinski definition) is 2. The van der Waals surface area contributed by atoms with Crippen molar-refractivity contribution in [2.45, 2.75) is 33.6 Å². The summed E-state index contributed by atoms with van der Waals surface area (Å²) < 4.78 is 13.3. The minimum atomic E-state index is -0.969. The fraction of sp³-hybridized carbons (Fsp3) is 0.412. The van der Waals surface area contributed by atoms with Gasteiger partial charge in [-0.2, -0.15) is 0 Å². The smallest absolute Gasteiger partial charge is 0.307 e. The van der Waals surface area contributed by atoms with E-state index < -0.39 is 23.6 Å². The van der Waals surface area contributed by atoms with E-state index in [0.717, 1.165) is 16.7 Å². The lowest BCUT2D eigenvalue weighted by Crippen LogP contribution is -2.36. The van der Waals surface area contributed by atoms with E-state index >= 15 is 0 Å². The van der Waals surface area contributed by atoms with Gasteiger partial charge in [0, 0.05) is 5.69 Å². The van der Waals surface area contributed by atoms with Gasteiger partial charge in [-0.3, -0.25) is 9.59 Å². The molecular formula is C17H20FNO3. The molecule has 2 rings (SSSR count). The number of allylic oxidation sites excluding steroid dienone is 2. The van der Waals surface area contributed by atoms with Crippen molar-refractivity contribution in [1.29, 1.82) is 0 Å². The molecule has 0 aromatic heterocycles. The third kappa shape index (κ3) is 3.35. The number of carboxylic acids is 1. The van der Waals surface area contributed by atoms with E-state index in [2.05, 4.69) is 5.32 Å². The predicted octanol–water partition coefficient (Wildman–Crippen LogP) is 3.52. The monoisotopic (exact) mass is 305 g/mol. The number of rotatable bonds is 3. The van der Waals surface area contributed by atoms with Gasteiger partial charge in [-0.15, -0.1) is 0 Å². The number of amides is 1. The second-order valence-electron chi connectivity index (χ2n) is 5.97. The first-order chi connectivity index (χ1) is 10.3. The second kappa shape index (κ2) is 6.30. The van der Waals surface area contributed by atoms with Crippen LogP contribution in [-0.4, -0.2) is 17.0 Å². The molecule has 0 fully saturated rings. The van der Waals surface area contributed by atoms with E-state index in [1.165, 1.54) is 12.1 Å². The topological polar surface area (TPSA) is 66.4 Å². The van der Waals surface area contributed by atoms with Crippen molar-refractivity contribution in [3.63, 3.8) is 0 Å². The number of aryl methyl sites for hydroxylation is 1. The Morgan fingerprint density at radius 1 is 1.14 bits per heavy atom. The minimum absolute atomic E-state index is 0.368. The molecule has 1 aliphatic carbocycles. The fourth-order valence-corrected chi connectivity index (χ4v) is 2.78. The number of aliphatic carboxylic acids is 1. The number of carboxylic acid groups (broad SMARTS) is 1. The van der Waals surface area contributed by atoms with Crippen LogP contribution in [0.15, 0.2) is 29.3 Å². The van der Waals surface area contributed by atoms with E-state index in [1.54, 1.807) is 13.0 Å². The van der Waals surface area contributed by atoms with Crippen molar-refractivity contribution in [1.82, 2.24) is 0 Å². The number of hydrogen-bond acceptors (Lipinski definition) is 2. The highest BCUT2D eigenvalue weighted by Crippen LogP contribution is 2.35. The molecule has 1 aromatic carbocycles. The summed E-state index contributed by atoms with van der Waals surface area (Å²) in [5, 5.41) is 12.0. The Bertz CT molecular complexity index is 651. The van der Waals surface area contributed by atoms with Crippen LogP contribution in [0.2, 0.25) is 0 Å². The average Bonchev–Trinajstić information content (AvgIpc) is 2.45. The van der Waals surface area contributed by atoms with Crippen molar-refractivity contribution in [2.24, 2.45) is 11.8 Å². The molecule has 0 unspecified atom stereocenters. The van der Waals surface area contributed by atoms with Crippen LogP contribution in [0.1, 0.15) is 32.3 Å². The number of carbonyl (C=O) groups is 2. The Kier molecular flexibility index (Phi) is 4.64. The first kappa shape index (κ1) is 16.2. The highest BCUT2D eigenvalue weighted by Gasteiger charge is 2.37. The van der Waals surface area contributed by atoms with Gasteiger partial charge in [0.25, 0.3) is 0 Å². The van der Waals surface area contributed by atoms with Crippen LogP contribution < -0.4 is 5.32 Å². The molecule has 2 N–H and O–H groups in total. The first-order valence-corrected chi connectivity index (χ1v) is 7.24. The van der Waals surface area contributed by atoms with Crippen LogP contribution in [-0.2, 0) is 9.59 Å². The Labute approximate surface area is 129 Å². The van der Waals surface area contributed by atoms with Crippen LogP contribution >= 0.6 is 0 Å². The summed E-state index contributed by atoms with van der Waals surface area (Å²) in [5.74, 6) is -3.15. The van der Waals surface area contributed by atoms with Crippen LogP contribution in [0.5, 0.6) is 0 Å². The molecule has 22 heavy (non-hydrogen) atoms. The Hall–Kier alpha value is -2.17. The third-order valence-electron chi connectivity index (χ3n) is 4.38. The zero-order chi connectivity index (χ0) is 16.4. The molecule has 0 spiro atoms. The number of halogens is 1. The third-order valence-corrected chi connectivity index (χ3v) is 4.38. The molecular weight excluding hydrogens is 285 g/mol. The van der Waals surface area contributed by atoms with Gasteiger partial charge in [0.05, 0.1) is 11.8 Å². The molecule has 2 atom stereocenters. The van der Waals surface area contributed by atoms with Crippen molar-refractivity contribution < 1.29 is 19.1 Å². The Morgan fingerprint density at radius 3 is 2.32 bits per heavy atom. The molecule has 1 aromatic rings. The lowest BCUT2D eigenvalue weighted by Gasteiger charge is -2.29. The maximum absolute atomic E-state index is 13.3. The number of benzene rings is 1. The van der Waals surface area contributed by atoms with Crippen LogP contribution in [0.25, 0.3) is 0 Å². The van der Waals surface area contributed by atoms with Gasteiger partial charge in [-0.25, -0.2) is 4.39 Å². The van der Waals surface area contributed by atoms with Crippen LogP contribution in [0, 0.1) is 24.6 Å². The van der Waals surface area contributed by atoms with Crippen molar-refractivity contribution in [3.8, 4) is 0 Å². The zero-order valence-corrected chi connectivity index (χ0v) is 12.9. The maximum Gasteiger partial charge on any atom is 0.307 e. The summed E-state index contributed by atoms with van der Waals surface area (Å²) in [5.41, 5.74) is 3.20. The van der Waals surface area contributed by atoms with Gasteiger partial charge in [-0.05, 0) is 51.3 Å². The molecule has 0 radical (unpaired) electrons. The zero-order valence-electron chi connectivity index (χ0n) is 12.9. The predicted molar refractivity (Wildman–Crippen MR) is 82.0 cm³/mol. The van der Waals surface area contributed by atoms with Gasteiger partial charge >= 0.3 is 5.97 Å². The Morgan fingerprint density at radius 2 is 1.73 bits per heavy atom. The molecule has 0 aliphatic heterocycles. The molecule has 0 heterocycles. The van der Waals surface area contributed by atoms with E-state index in [0.29, 0.717) is 18.5 Å².